The second-order valence-electron chi connectivity index (χ2n) is 10.1. The quantitative estimate of drug-likeness (QED) is 0.615. The molecule has 0 spiro atoms. The van der Waals surface area contributed by atoms with Gasteiger partial charge in [0.25, 0.3) is 5.91 Å². The van der Waals surface area contributed by atoms with E-state index in [9.17, 15) is 14.7 Å². The fourth-order valence-corrected chi connectivity index (χ4v) is 4.79. The third-order valence-corrected chi connectivity index (χ3v) is 7.68. The number of halogens is 1. The molecule has 2 atom stereocenters. The van der Waals surface area contributed by atoms with Gasteiger partial charge in [-0.15, -0.1) is 0 Å². The van der Waals surface area contributed by atoms with Crippen molar-refractivity contribution in [3.63, 3.8) is 0 Å². The molecule has 34 heavy (non-hydrogen) atoms. The number of primary amides is 1. The largest absolute Gasteiger partial charge is 0.385 e. The fraction of sp³-hybridized carbons (Fsp3) is 0.520. The van der Waals surface area contributed by atoms with E-state index in [4.69, 9.17) is 10.5 Å². The lowest BCUT2D eigenvalue weighted by molar-refractivity contribution is -0.129. The van der Waals surface area contributed by atoms with Crippen LogP contribution in [0.4, 0.5) is 4.39 Å². The standard InChI is InChI=1S/C25H29FN4O4/c1-14-10-28-19(29-11-14)12-30-21(31)17-8-16(24(2,33)15-4-3-5-15)9-18(26)20(17)22(30)34-13-25(6-7-25)23(27)32/h8-11,15,22,33H,3-7,12-13H2,1-2H3,(H2,27,32). The molecule has 0 bridgehead atoms. The van der Waals surface area contributed by atoms with Crippen molar-refractivity contribution < 1.29 is 23.8 Å². The first-order chi connectivity index (χ1) is 16.1. The van der Waals surface area contributed by atoms with Gasteiger partial charge in [0, 0.05) is 18.0 Å². The minimum absolute atomic E-state index is 0.00798. The van der Waals surface area contributed by atoms with E-state index >= 15 is 4.39 Å². The average Bonchev–Trinajstić information content (AvgIpc) is 3.49. The second-order valence-corrected chi connectivity index (χ2v) is 10.1. The lowest BCUT2D eigenvalue weighted by atomic mass is 9.70. The molecule has 8 nitrogen and oxygen atoms in total. The van der Waals surface area contributed by atoms with Crippen LogP contribution >= 0.6 is 0 Å². The van der Waals surface area contributed by atoms with Crippen LogP contribution in [0.2, 0.25) is 0 Å². The summed E-state index contributed by atoms with van der Waals surface area (Å²) in [7, 11) is 0. The number of hydrogen-bond donors (Lipinski definition) is 2. The predicted octanol–water partition coefficient (Wildman–Crippen LogP) is 2.87. The number of rotatable bonds is 8. The molecule has 2 unspecified atom stereocenters. The number of nitrogens with zero attached hydrogens (tertiary/aromatic N) is 3. The molecule has 5 rings (SSSR count). The highest BCUT2D eigenvalue weighted by Gasteiger charge is 2.51. The highest BCUT2D eigenvalue weighted by Crippen LogP contribution is 2.49. The number of benzene rings is 1. The lowest BCUT2D eigenvalue weighted by Crippen LogP contribution is -2.36. The minimum atomic E-state index is -1.23. The number of nitrogens with two attached hydrogens (primary N) is 1. The first-order valence-corrected chi connectivity index (χ1v) is 11.7. The molecule has 2 amide bonds. The van der Waals surface area contributed by atoms with Gasteiger partial charge in [0.05, 0.1) is 29.7 Å². The molecule has 180 valence electrons. The Hall–Kier alpha value is -2.91. The summed E-state index contributed by atoms with van der Waals surface area (Å²) in [6, 6.07) is 2.88. The lowest BCUT2D eigenvalue weighted by Gasteiger charge is -2.39. The van der Waals surface area contributed by atoms with Gasteiger partial charge in [-0.1, -0.05) is 6.42 Å². The van der Waals surface area contributed by atoms with Crippen molar-refractivity contribution in [2.24, 2.45) is 17.1 Å². The Morgan fingerprint density at radius 1 is 1.32 bits per heavy atom. The molecular weight excluding hydrogens is 439 g/mol. The molecule has 0 radical (unpaired) electrons. The van der Waals surface area contributed by atoms with Gasteiger partial charge in [0.1, 0.15) is 11.6 Å². The van der Waals surface area contributed by atoms with E-state index in [-0.39, 0.29) is 30.2 Å². The van der Waals surface area contributed by atoms with Crippen LogP contribution in [0.3, 0.4) is 0 Å². The maximum atomic E-state index is 15.6. The summed E-state index contributed by atoms with van der Waals surface area (Å²) in [5.74, 6) is -1.10. The van der Waals surface area contributed by atoms with Gasteiger partial charge < -0.3 is 20.5 Å². The third-order valence-electron chi connectivity index (χ3n) is 7.68. The molecule has 3 aliphatic rings. The molecule has 1 aliphatic heterocycles. The summed E-state index contributed by atoms with van der Waals surface area (Å²) < 4.78 is 21.6. The van der Waals surface area contributed by atoms with E-state index < -0.39 is 34.9 Å². The van der Waals surface area contributed by atoms with Crippen LogP contribution in [-0.2, 0) is 21.7 Å². The van der Waals surface area contributed by atoms with Crippen LogP contribution < -0.4 is 5.73 Å². The van der Waals surface area contributed by atoms with Gasteiger partial charge in [0.2, 0.25) is 5.91 Å². The minimum Gasteiger partial charge on any atom is -0.385 e. The predicted molar refractivity (Wildman–Crippen MR) is 120 cm³/mol. The Kier molecular flexibility index (Phi) is 5.44. The molecule has 0 saturated heterocycles. The first kappa shape index (κ1) is 22.9. The SMILES string of the molecule is Cc1cnc(CN2C(=O)c3cc(C(C)(O)C4CCC4)cc(F)c3C2OCC2(C(N)=O)CC2)nc1. The van der Waals surface area contributed by atoms with Crippen LogP contribution in [0.25, 0.3) is 0 Å². The van der Waals surface area contributed by atoms with E-state index in [1.54, 1.807) is 25.4 Å². The second kappa shape index (κ2) is 8.09. The Morgan fingerprint density at radius 3 is 2.56 bits per heavy atom. The molecule has 2 aliphatic carbocycles. The van der Waals surface area contributed by atoms with Gasteiger partial charge in [-0.2, -0.15) is 0 Å². The molecule has 2 fully saturated rings. The van der Waals surface area contributed by atoms with Crippen LogP contribution in [0, 0.1) is 24.1 Å². The zero-order chi connectivity index (χ0) is 24.3. The number of aryl methyl sites for hydroxylation is 1. The maximum Gasteiger partial charge on any atom is 0.257 e. The van der Waals surface area contributed by atoms with Crippen molar-refractivity contribution >= 4 is 11.8 Å². The van der Waals surface area contributed by atoms with Gasteiger partial charge in [0.15, 0.2) is 6.23 Å². The van der Waals surface area contributed by atoms with E-state index in [2.05, 4.69) is 9.97 Å². The summed E-state index contributed by atoms with van der Waals surface area (Å²) >= 11 is 0. The zero-order valence-corrected chi connectivity index (χ0v) is 19.4. The number of amides is 2. The summed E-state index contributed by atoms with van der Waals surface area (Å²) in [6.45, 7) is 3.53. The van der Waals surface area contributed by atoms with Crippen molar-refractivity contribution in [2.75, 3.05) is 6.61 Å². The zero-order valence-electron chi connectivity index (χ0n) is 19.4. The van der Waals surface area contributed by atoms with Crippen molar-refractivity contribution in [3.8, 4) is 0 Å². The normalized spacial score (nSPS) is 22.8. The number of carbonyl (C=O) groups is 2. The number of ether oxygens (including phenoxy) is 1. The molecule has 2 aromatic rings. The third kappa shape index (κ3) is 3.76. The average molecular weight is 469 g/mol. The highest BCUT2D eigenvalue weighted by molar-refractivity contribution is 5.99. The van der Waals surface area contributed by atoms with Crippen molar-refractivity contribution in [3.05, 3.63) is 58.4 Å². The molecule has 2 saturated carbocycles. The summed E-state index contributed by atoms with van der Waals surface area (Å²) in [4.78, 5) is 35.3. The molecule has 9 heteroatoms. The Bertz CT molecular complexity index is 1140. The number of fused-ring (bicyclic) bond motifs is 1. The van der Waals surface area contributed by atoms with Crippen molar-refractivity contribution in [1.29, 1.82) is 0 Å². The highest BCUT2D eigenvalue weighted by atomic mass is 19.1. The Labute approximate surface area is 197 Å². The smallest absolute Gasteiger partial charge is 0.257 e. The number of aliphatic hydroxyl groups is 1. The molecule has 3 N–H and O–H groups in total. The summed E-state index contributed by atoms with van der Waals surface area (Å²) in [6.07, 6.45) is 6.18. The van der Waals surface area contributed by atoms with Crippen LogP contribution in [0.1, 0.15) is 78.1 Å². The number of hydrogen-bond acceptors (Lipinski definition) is 6. The van der Waals surface area contributed by atoms with Crippen LogP contribution in [-0.4, -0.2) is 38.4 Å². The van der Waals surface area contributed by atoms with E-state index in [0.29, 0.717) is 24.2 Å². The van der Waals surface area contributed by atoms with Gasteiger partial charge in [-0.25, -0.2) is 14.4 Å². The monoisotopic (exact) mass is 468 g/mol. The number of aromatic nitrogens is 2. The van der Waals surface area contributed by atoms with E-state index in [1.807, 2.05) is 6.92 Å². The fourth-order valence-electron chi connectivity index (χ4n) is 4.79. The van der Waals surface area contributed by atoms with Crippen molar-refractivity contribution in [1.82, 2.24) is 14.9 Å². The Morgan fingerprint density at radius 2 is 2.00 bits per heavy atom. The van der Waals surface area contributed by atoms with E-state index in [1.165, 1.54) is 11.0 Å². The van der Waals surface area contributed by atoms with Gasteiger partial charge in [-0.05, 0) is 68.7 Å². The molecule has 1 aromatic heterocycles. The summed E-state index contributed by atoms with van der Waals surface area (Å²) in [5.41, 5.74) is 5.03. The molecule has 1 aromatic carbocycles. The van der Waals surface area contributed by atoms with Gasteiger partial charge in [-0.3, -0.25) is 9.59 Å². The Balaban J connectivity index is 1.50. The van der Waals surface area contributed by atoms with Crippen LogP contribution in [0.5, 0.6) is 0 Å². The van der Waals surface area contributed by atoms with E-state index in [0.717, 1.165) is 24.8 Å². The molecule has 2 heterocycles. The van der Waals surface area contributed by atoms with Gasteiger partial charge >= 0.3 is 0 Å². The summed E-state index contributed by atoms with van der Waals surface area (Å²) in [5, 5.41) is 11.1. The van der Waals surface area contributed by atoms with Crippen molar-refractivity contribution in [2.45, 2.75) is 64.3 Å². The topological polar surface area (TPSA) is 119 Å². The van der Waals surface area contributed by atoms with Crippen LogP contribution in [0.15, 0.2) is 24.5 Å². The number of carbonyl (C=O) groups excluding carboxylic acids is 2. The first-order valence-electron chi connectivity index (χ1n) is 11.7. The molecular formula is C25H29FN4O4. The maximum absolute atomic E-state index is 15.6.